The number of hydrogen-bond acceptors (Lipinski definition) is 3. The van der Waals surface area contributed by atoms with Crippen molar-refractivity contribution in [1.82, 2.24) is 0 Å². The van der Waals surface area contributed by atoms with Crippen LogP contribution in [-0.2, 0) is 14.3 Å². The Bertz CT molecular complexity index is 606. The number of hydrogen-bond donors (Lipinski definition) is 0. The van der Waals surface area contributed by atoms with E-state index in [0.29, 0.717) is 48.1 Å². The number of rotatable bonds is 2. The molecule has 0 radical (unpaired) electrons. The molecule has 0 aromatic heterocycles. The lowest BCUT2D eigenvalue weighted by Gasteiger charge is -2.59. The highest BCUT2D eigenvalue weighted by atomic mass is 16.5. The second-order valence-electron chi connectivity index (χ2n) is 9.05. The Morgan fingerprint density at radius 1 is 1.25 bits per heavy atom. The summed E-state index contributed by atoms with van der Waals surface area (Å²) < 4.78 is 5.73. The van der Waals surface area contributed by atoms with Gasteiger partial charge in [0.1, 0.15) is 11.6 Å². The lowest BCUT2D eigenvalue weighted by atomic mass is 9.45. The van der Waals surface area contributed by atoms with E-state index in [1.165, 1.54) is 5.57 Å². The zero-order chi connectivity index (χ0) is 17.1. The molecule has 4 aliphatic rings. The van der Waals surface area contributed by atoms with Gasteiger partial charge in [-0.3, -0.25) is 9.59 Å². The van der Waals surface area contributed by atoms with Gasteiger partial charge in [-0.15, -0.1) is 0 Å². The quantitative estimate of drug-likeness (QED) is 0.720. The third-order valence-corrected chi connectivity index (χ3v) is 8.23. The largest absolute Gasteiger partial charge is 0.384 e. The average Bonchev–Trinajstić information content (AvgIpc) is 2.84. The van der Waals surface area contributed by atoms with Crippen LogP contribution in [0.5, 0.6) is 0 Å². The number of Topliss-reactive ketones (excluding diaryl/α,β-unsaturated/α-hetero) is 2. The van der Waals surface area contributed by atoms with Crippen LogP contribution >= 0.6 is 0 Å². The van der Waals surface area contributed by atoms with E-state index in [4.69, 9.17) is 4.74 Å². The number of ether oxygens (including phenoxy) is 1. The van der Waals surface area contributed by atoms with E-state index >= 15 is 0 Å². The minimum atomic E-state index is -0.0888. The molecular weight excluding hydrogens is 300 g/mol. The van der Waals surface area contributed by atoms with Gasteiger partial charge in [0, 0.05) is 37.2 Å². The van der Waals surface area contributed by atoms with Gasteiger partial charge in [-0.05, 0) is 49.4 Å². The maximum Gasteiger partial charge on any atom is 0.139 e. The summed E-state index contributed by atoms with van der Waals surface area (Å²) in [4.78, 5) is 24.7. The molecule has 1 unspecified atom stereocenters. The predicted molar refractivity (Wildman–Crippen MR) is 92.5 cm³/mol. The molecule has 0 aromatic rings. The smallest absolute Gasteiger partial charge is 0.139 e. The molecule has 0 amide bonds. The first-order valence-corrected chi connectivity index (χ1v) is 9.67. The Labute approximate surface area is 145 Å². The summed E-state index contributed by atoms with van der Waals surface area (Å²) >= 11 is 0. The normalized spacial score (nSPS) is 47.7. The van der Waals surface area contributed by atoms with Crippen molar-refractivity contribution in [2.45, 2.75) is 58.8 Å². The molecule has 0 N–H and O–H groups in total. The third-order valence-electron chi connectivity index (χ3n) is 8.23. The first kappa shape index (κ1) is 16.5. The van der Waals surface area contributed by atoms with Gasteiger partial charge in [-0.1, -0.05) is 25.5 Å². The molecule has 3 saturated carbocycles. The molecule has 0 spiro atoms. The summed E-state index contributed by atoms with van der Waals surface area (Å²) in [5.74, 6) is 2.91. The van der Waals surface area contributed by atoms with Gasteiger partial charge in [0.05, 0.1) is 6.61 Å². The standard InChI is InChI=1S/C21H30O3/c1-13-10-15(22)11-14-4-5-16-17-6-7-19(23)20(17,2)9-8-18(16)21(13,14)12-24-3/h4,13,16-18H,5-12H2,1-3H3/t13?,16-,17-,18+,20-,21-/m0/s1. The fourth-order valence-corrected chi connectivity index (χ4v) is 7.04. The molecule has 0 heterocycles. The van der Waals surface area contributed by atoms with Gasteiger partial charge in [0.2, 0.25) is 0 Å². The highest BCUT2D eigenvalue weighted by Crippen LogP contribution is 2.65. The van der Waals surface area contributed by atoms with Crippen LogP contribution in [0.2, 0.25) is 0 Å². The van der Waals surface area contributed by atoms with Crippen molar-refractivity contribution in [1.29, 1.82) is 0 Å². The molecule has 0 bridgehead atoms. The zero-order valence-electron chi connectivity index (χ0n) is 15.3. The highest BCUT2D eigenvalue weighted by Gasteiger charge is 2.61. The molecule has 0 aliphatic heterocycles. The van der Waals surface area contributed by atoms with Gasteiger partial charge >= 0.3 is 0 Å². The number of methoxy groups -OCH3 is 1. The highest BCUT2D eigenvalue weighted by molar-refractivity contribution is 5.87. The number of carbonyl (C=O) groups excluding carboxylic acids is 2. The molecular formula is C21H30O3. The van der Waals surface area contributed by atoms with E-state index in [2.05, 4.69) is 19.9 Å². The van der Waals surface area contributed by atoms with Crippen molar-refractivity contribution in [3.63, 3.8) is 0 Å². The average molecular weight is 330 g/mol. The first-order valence-electron chi connectivity index (χ1n) is 9.67. The van der Waals surface area contributed by atoms with E-state index < -0.39 is 0 Å². The van der Waals surface area contributed by atoms with Crippen LogP contribution in [0, 0.1) is 34.5 Å². The molecule has 4 aliphatic carbocycles. The van der Waals surface area contributed by atoms with Gasteiger partial charge < -0.3 is 4.74 Å². The zero-order valence-corrected chi connectivity index (χ0v) is 15.3. The van der Waals surface area contributed by atoms with Crippen molar-refractivity contribution < 1.29 is 14.3 Å². The van der Waals surface area contributed by atoms with Crippen LogP contribution in [0.1, 0.15) is 58.8 Å². The van der Waals surface area contributed by atoms with Crippen LogP contribution in [0.3, 0.4) is 0 Å². The molecule has 6 atom stereocenters. The van der Waals surface area contributed by atoms with Gasteiger partial charge in [0.15, 0.2) is 0 Å². The van der Waals surface area contributed by atoms with Crippen LogP contribution in [0.15, 0.2) is 11.6 Å². The SMILES string of the molecule is COC[C@]12C(=CC[C@@H]3[C@H]1CC[C@]1(C)C(=O)CC[C@@H]31)CC(=O)CC2C. The second kappa shape index (κ2) is 5.52. The lowest BCUT2D eigenvalue weighted by Crippen LogP contribution is -2.55. The maximum absolute atomic E-state index is 12.5. The number of ketones is 2. The fraction of sp³-hybridized carbons (Fsp3) is 0.810. The Morgan fingerprint density at radius 2 is 2.04 bits per heavy atom. The topological polar surface area (TPSA) is 43.4 Å². The molecule has 24 heavy (non-hydrogen) atoms. The molecule has 4 rings (SSSR count). The van der Waals surface area contributed by atoms with Crippen molar-refractivity contribution in [3.8, 4) is 0 Å². The summed E-state index contributed by atoms with van der Waals surface area (Å²) in [6.45, 7) is 5.20. The van der Waals surface area contributed by atoms with Crippen molar-refractivity contribution in [3.05, 3.63) is 11.6 Å². The summed E-state index contributed by atoms with van der Waals surface area (Å²) in [7, 11) is 1.80. The molecule has 0 aromatic carbocycles. The van der Waals surface area contributed by atoms with Crippen LogP contribution < -0.4 is 0 Å². The van der Waals surface area contributed by atoms with Crippen LogP contribution in [0.25, 0.3) is 0 Å². The van der Waals surface area contributed by atoms with Crippen LogP contribution in [-0.4, -0.2) is 25.3 Å². The molecule has 132 valence electrons. The van der Waals surface area contributed by atoms with E-state index in [1.807, 2.05) is 0 Å². The number of carbonyl (C=O) groups is 2. The number of fused-ring (bicyclic) bond motifs is 5. The first-order chi connectivity index (χ1) is 11.4. The van der Waals surface area contributed by atoms with E-state index in [9.17, 15) is 9.59 Å². The fourth-order valence-electron chi connectivity index (χ4n) is 7.04. The van der Waals surface area contributed by atoms with Crippen LogP contribution in [0.4, 0.5) is 0 Å². The summed E-state index contributed by atoms with van der Waals surface area (Å²) in [5, 5.41) is 0. The van der Waals surface area contributed by atoms with E-state index in [0.717, 1.165) is 38.7 Å². The van der Waals surface area contributed by atoms with Gasteiger partial charge in [0.25, 0.3) is 0 Å². The minimum Gasteiger partial charge on any atom is -0.384 e. The molecule has 3 heteroatoms. The van der Waals surface area contributed by atoms with E-state index in [1.54, 1.807) is 7.11 Å². The summed E-state index contributed by atoms with van der Waals surface area (Å²) in [6.07, 6.45) is 8.70. The Morgan fingerprint density at radius 3 is 2.79 bits per heavy atom. The monoisotopic (exact) mass is 330 g/mol. The molecule has 3 nitrogen and oxygen atoms in total. The Balaban J connectivity index is 1.77. The second-order valence-corrected chi connectivity index (χ2v) is 9.05. The predicted octanol–water partition coefficient (Wildman–Crippen LogP) is 3.96. The minimum absolute atomic E-state index is 0.0263. The lowest BCUT2D eigenvalue weighted by molar-refractivity contribution is -0.137. The Hall–Kier alpha value is -0.960. The van der Waals surface area contributed by atoms with E-state index in [-0.39, 0.29) is 10.8 Å². The molecule has 0 saturated heterocycles. The Kier molecular flexibility index (Phi) is 3.80. The van der Waals surface area contributed by atoms with Crippen molar-refractivity contribution >= 4 is 11.6 Å². The van der Waals surface area contributed by atoms with Crippen molar-refractivity contribution in [2.75, 3.05) is 13.7 Å². The summed E-state index contributed by atoms with van der Waals surface area (Å²) in [6, 6.07) is 0. The van der Waals surface area contributed by atoms with Gasteiger partial charge in [-0.25, -0.2) is 0 Å². The summed E-state index contributed by atoms with van der Waals surface area (Å²) in [5.41, 5.74) is 1.29. The van der Waals surface area contributed by atoms with Gasteiger partial charge in [-0.2, -0.15) is 0 Å². The maximum atomic E-state index is 12.5. The molecule has 3 fully saturated rings. The van der Waals surface area contributed by atoms with Crippen molar-refractivity contribution in [2.24, 2.45) is 34.5 Å². The number of allylic oxidation sites excluding steroid dienone is 1. The third kappa shape index (κ3) is 2.00.